The molecule has 3 rings (SSSR count). The molecule has 0 spiro atoms. The first-order valence-corrected chi connectivity index (χ1v) is 10.7. The van der Waals surface area contributed by atoms with E-state index in [9.17, 15) is 14.0 Å². The van der Waals surface area contributed by atoms with Gasteiger partial charge in [0.25, 0.3) is 5.91 Å². The van der Waals surface area contributed by atoms with E-state index >= 15 is 0 Å². The Balaban J connectivity index is 1.80. The van der Waals surface area contributed by atoms with Crippen molar-refractivity contribution in [3.63, 3.8) is 0 Å². The number of anilines is 1. The van der Waals surface area contributed by atoms with Crippen molar-refractivity contribution in [3.05, 3.63) is 57.7 Å². The van der Waals surface area contributed by atoms with Crippen LogP contribution in [0.15, 0.2) is 30.3 Å². The third-order valence-corrected chi connectivity index (χ3v) is 7.23. The van der Waals surface area contributed by atoms with Crippen LogP contribution >= 0.6 is 11.3 Å². The minimum atomic E-state index is -0.506. The maximum absolute atomic E-state index is 13.0. The second kappa shape index (κ2) is 8.49. The molecule has 1 heterocycles. The number of hydrogen-bond acceptors (Lipinski definition) is 3. The number of benzene rings is 1. The monoisotopic (exact) mass is 414 g/mol. The number of nitrogens with two attached hydrogens (primary N) is 1. The van der Waals surface area contributed by atoms with Gasteiger partial charge in [-0.05, 0) is 59.9 Å². The number of thiophene rings is 1. The maximum atomic E-state index is 13.0. The number of carbonyl (C=O) groups excluding carboxylic acids is 2. The highest BCUT2D eigenvalue weighted by Crippen LogP contribution is 2.45. The van der Waals surface area contributed by atoms with E-state index in [-0.39, 0.29) is 17.1 Å². The molecule has 1 aromatic carbocycles. The van der Waals surface area contributed by atoms with Crippen LogP contribution in [0.25, 0.3) is 6.08 Å². The van der Waals surface area contributed by atoms with Crippen LogP contribution in [0.3, 0.4) is 0 Å². The SMILES string of the molecule is CCC(C)(C)[C@H]1CCc2c(sc(NC(=O)/C=C\c3ccc(F)cc3)c2C(N)=O)C1. The molecule has 1 atom stereocenters. The minimum absolute atomic E-state index is 0.232. The Hall–Kier alpha value is -2.47. The van der Waals surface area contributed by atoms with Gasteiger partial charge >= 0.3 is 0 Å². The molecule has 1 aliphatic carbocycles. The van der Waals surface area contributed by atoms with Crippen LogP contribution in [-0.2, 0) is 17.6 Å². The average molecular weight is 415 g/mol. The smallest absolute Gasteiger partial charge is 0.251 e. The molecule has 0 aliphatic heterocycles. The highest BCUT2D eigenvalue weighted by Gasteiger charge is 2.34. The first kappa shape index (κ1) is 21.2. The fourth-order valence-electron chi connectivity index (χ4n) is 3.79. The van der Waals surface area contributed by atoms with Crippen LogP contribution in [0.4, 0.5) is 9.39 Å². The summed E-state index contributed by atoms with van der Waals surface area (Å²) >= 11 is 1.46. The summed E-state index contributed by atoms with van der Waals surface area (Å²) in [7, 11) is 0. The van der Waals surface area contributed by atoms with Crippen molar-refractivity contribution in [1.29, 1.82) is 0 Å². The van der Waals surface area contributed by atoms with E-state index < -0.39 is 5.91 Å². The number of halogens is 1. The lowest BCUT2D eigenvalue weighted by molar-refractivity contribution is -0.111. The van der Waals surface area contributed by atoms with E-state index in [1.54, 1.807) is 18.2 Å². The van der Waals surface area contributed by atoms with Crippen molar-refractivity contribution >= 4 is 34.2 Å². The van der Waals surface area contributed by atoms with E-state index in [1.165, 1.54) is 29.5 Å². The number of hydrogen-bond donors (Lipinski definition) is 2. The van der Waals surface area contributed by atoms with E-state index in [2.05, 4.69) is 26.1 Å². The van der Waals surface area contributed by atoms with Crippen LogP contribution in [-0.4, -0.2) is 11.8 Å². The van der Waals surface area contributed by atoms with Gasteiger partial charge in [-0.3, -0.25) is 9.59 Å². The van der Waals surface area contributed by atoms with Gasteiger partial charge < -0.3 is 11.1 Å². The number of primary amides is 1. The van der Waals surface area contributed by atoms with Crippen LogP contribution in [0.5, 0.6) is 0 Å². The van der Waals surface area contributed by atoms with Crippen LogP contribution in [0.1, 0.15) is 60.0 Å². The number of fused-ring (bicyclic) bond motifs is 1. The molecule has 0 fully saturated rings. The topological polar surface area (TPSA) is 72.2 Å². The van der Waals surface area contributed by atoms with Crippen LogP contribution in [0, 0.1) is 17.2 Å². The summed E-state index contributed by atoms with van der Waals surface area (Å²) in [5, 5.41) is 3.34. The molecule has 154 valence electrons. The van der Waals surface area contributed by atoms with Crippen molar-refractivity contribution in [2.45, 2.75) is 46.5 Å². The van der Waals surface area contributed by atoms with Crippen molar-refractivity contribution in [2.75, 3.05) is 5.32 Å². The molecule has 1 aliphatic rings. The summed E-state index contributed by atoms with van der Waals surface area (Å²) in [4.78, 5) is 25.6. The zero-order chi connectivity index (χ0) is 21.2. The highest BCUT2D eigenvalue weighted by atomic mass is 32.1. The maximum Gasteiger partial charge on any atom is 0.251 e. The Morgan fingerprint density at radius 3 is 2.62 bits per heavy atom. The Labute approximate surface area is 175 Å². The van der Waals surface area contributed by atoms with Gasteiger partial charge in [-0.25, -0.2) is 4.39 Å². The summed E-state index contributed by atoms with van der Waals surface area (Å²) in [6.07, 6.45) is 6.80. The third kappa shape index (κ3) is 4.75. The van der Waals surface area contributed by atoms with Gasteiger partial charge in [0.15, 0.2) is 0 Å². The quantitative estimate of drug-likeness (QED) is 0.639. The zero-order valence-electron chi connectivity index (χ0n) is 17.0. The molecule has 3 N–H and O–H groups in total. The molecule has 4 nitrogen and oxygen atoms in total. The molecule has 0 saturated carbocycles. The Kier molecular flexibility index (Phi) is 6.22. The van der Waals surface area contributed by atoms with Crippen molar-refractivity contribution in [3.8, 4) is 0 Å². The van der Waals surface area contributed by atoms with Crippen molar-refractivity contribution in [2.24, 2.45) is 17.1 Å². The molecule has 0 bridgehead atoms. The summed E-state index contributed by atoms with van der Waals surface area (Å²) in [6, 6.07) is 5.86. The van der Waals surface area contributed by atoms with Gasteiger partial charge in [-0.15, -0.1) is 11.3 Å². The van der Waals surface area contributed by atoms with Crippen LogP contribution in [0.2, 0.25) is 0 Å². The number of carbonyl (C=O) groups is 2. The predicted molar refractivity (Wildman–Crippen MR) is 116 cm³/mol. The predicted octanol–water partition coefficient (Wildman–Crippen LogP) is 5.18. The van der Waals surface area contributed by atoms with E-state index in [0.717, 1.165) is 36.1 Å². The normalized spacial score (nSPS) is 16.6. The Bertz CT molecular complexity index is 945. The highest BCUT2D eigenvalue weighted by molar-refractivity contribution is 7.17. The van der Waals surface area contributed by atoms with Gasteiger partial charge in [-0.2, -0.15) is 0 Å². The standard InChI is InChI=1S/C23H27FN2O2S/c1-4-23(2,3)15-8-11-17-18(13-15)29-22(20(17)21(25)28)26-19(27)12-7-14-5-9-16(24)10-6-14/h5-7,9-10,12,15H,4,8,11,13H2,1-3H3,(H2,25,28)(H,26,27)/b12-7-/t15-/m0/s1. The number of nitrogens with one attached hydrogen (secondary N) is 1. The Morgan fingerprint density at radius 2 is 2.00 bits per heavy atom. The second-order valence-electron chi connectivity index (χ2n) is 8.23. The molecular formula is C23H27FN2O2S. The first-order chi connectivity index (χ1) is 13.7. The molecule has 29 heavy (non-hydrogen) atoms. The van der Waals surface area contributed by atoms with Crippen LogP contribution < -0.4 is 11.1 Å². The van der Waals surface area contributed by atoms with Gasteiger partial charge in [0, 0.05) is 11.0 Å². The van der Waals surface area contributed by atoms with Gasteiger partial charge in [0.2, 0.25) is 5.91 Å². The Morgan fingerprint density at radius 1 is 1.31 bits per heavy atom. The van der Waals surface area contributed by atoms with E-state index in [0.29, 0.717) is 22.0 Å². The summed E-state index contributed by atoms with van der Waals surface area (Å²) in [5.74, 6) is -0.637. The fourth-order valence-corrected chi connectivity index (χ4v) is 5.13. The molecule has 6 heteroatoms. The van der Waals surface area contributed by atoms with Gasteiger partial charge in [-0.1, -0.05) is 39.3 Å². The molecule has 2 amide bonds. The van der Waals surface area contributed by atoms with E-state index in [4.69, 9.17) is 5.73 Å². The average Bonchev–Trinajstić information content (AvgIpc) is 3.04. The molecule has 0 unspecified atom stereocenters. The number of rotatable bonds is 6. The second-order valence-corrected chi connectivity index (χ2v) is 9.33. The van der Waals surface area contributed by atoms with Gasteiger partial charge in [0.05, 0.1) is 5.56 Å². The molecule has 1 aromatic heterocycles. The van der Waals surface area contributed by atoms with Crippen molar-refractivity contribution in [1.82, 2.24) is 0 Å². The fraction of sp³-hybridized carbons (Fsp3) is 0.391. The minimum Gasteiger partial charge on any atom is -0.365 e. The summed E-state index contributed by atoms with van der Waals surface area (Å²) < 4.78 is 13.0. The zero-order valence-corrected chi connectivity index (χ0v) is 17.9. The van der Waals surface area contributed by atoms with E-state index in [1.807, 2.05) is 0 Å². The molecule has 2 aromatic rings. The molecule has 0 radical (unpaired) electrons. The summed E-state index contributed by atoms with van der Waals surface area (Å²) in [6.45, 7) is 6.78. The molecule has 0 saturated heterocycles. The largest absolute Gasteiger partial charge is 0.365 e. The third-order valence-electron chi connectivity index (χ3n) is 6.06. The van der Waals surface area contributed by atoms with Crippen molar-refractivity contribution < 1.29 is 14.0 Å². The van der Waals surface area contributed by atoms with Gasteiger partial charge in [0.1, 0.15) is 10.8 Å². The lowest BCUT2D eigenvalue weighted by Crippen LogP contribution is -2.29. The number of amides is 2. The summed E-state index contributed by atoms with van der Waals surface area (Å²) in [5.41, 5.74) is 8.03. The first-order valence-electron chi connectivity index (χ1n) is 9.90. The lowest BCUT2D eigenvalue weighted by Gasteiger charge is -2.36. The molecular weight excluding hydrogens is 387 g/mol. The lowest BCUT2D eigenvalue weighted by atomic mass is 9.69.